The molecule has 0 aromatic rings. The zero-order valence-electron chi connectivity index (χ0n) is 33.2. The maximum atomic E-state index is 14.1. The van der Waals surface area contributed by atoms with E-state index in [-0.39, 0.29) is 124 Å². The van der Waals surface area contributed by atoms with E-state index < -0.39 is 24.1 Å². The first-order chi connectivity index (χ1) is 27.6. The fourth-order valence-corrected chi connectivity index (χ4v) is 12.7. The molecule has 0 aromatic carbocycles. The highest BCUT2D eigenvalue weighted by Gasteiger charge is 2.69. The van der Waals surface area contributed by atoms with Crippen molar-refractivity contribution >= 4 is 23.9 Å². The second-order valence-corrected chi connectivity index (χ2v) is 19.7. The van der Waals surface area contributed by atoms with Gasteiger partial charge in [-0.05, 0) is 68.4 Å². The molecule has 11 aliphatic heterocycles. The van der Waals surface area contributed by atoms with Crippen molar-refractivity contribution in [3.05, 3.63) is 24.3 Å². The first-order valence-corrected chi connectivity index (χ1v) is 23.2. The Balaban J connectivity index is 0.932. The van der Waals surface area contributed by atoms with E-state index in [9.17, 15) is 9.36 Å². The molecule has 0 N–H and O–H groups in total. The number of fused-ring (bicyclic) bond motifs is 7. The Bertz CT molecular complexity index is 1570. The van der Waals surface area contributed by atoms with Crippen molar-refractivity contribution in [1.29, 1.82) is 0 Å². The van der Waals surface area contributed by atoms with Crippen LogP contribution in [0.3, 0.4) is 0 Å². The van der Waals surface area contributed by atoms with Gasteiger partial charge >= 0.3 is 5.97 Å². The fraction of sp³-hybridized carbons (Fsp3) is 0.881. The first kappa shape index (κ1) is 40.2. The molecule has 11 fully saturated rings. The summed E-state index contributed by atoms with van der Waals surface area (Å²) in [5, 5.41) is 0. The Hall–Kier alpha value is -0.920. The van der Waals surface area contributed by atoms with Gasteiger partial charge in [0.15, 0.2) is 14.2 Å². The number of hydrogen-bond donors (Lipinski definition) is 0. The molecule has 0 amide bonds. The summed E-state index contributed by atoms with van der Waals surface area (Å²) in [6.07, 6.45) is 4.64. The predicted octanol–water partition coefficient (Wildman–Crippen LogP) is 5.70. The topological polar surface area (TPSA) is 136 Å². The summed E-state index contributed by atoms with van der Waals surface area (Å²) < 4.78 is 84.8. The van der Waals surface area contributed by atoms with Gasteiger partial charge in [-0.2, -0.15) is 0 Å². The van der Waals surface area contributed by atoms with E-state index in [1.807, 2.05) is 0 Å². The smallest absolute Gasteiger partial charge is 0.308 e. The van der Waals surface area contributed by atoms with Gasteiger partial charge in [-0.15, -0.1) is 0 Å². The predicted molar refractivity (Wildman–Crippen MR) is 207 cm³/mol. The normalized spacial score (nSPS) is 53.5. The van der Waals surface area contributed by atoms with Gasteiger partial charge in [-0.1, -0.05) is 27.0 Å². The quantitative estimate of drug-likeness (QED) is 0.195. The lowest BCUT2D eigenvalue weighted by Crippen LogP contribution is -2.62. The Morgan fingerprint density at radius 3 is 2.32 bits per heavy atom. The second-order valence-electron chi connectivity index (χ2n) is 18.7. The Labute approximate surface area is 339 Å². The average Bonchev–Trinajstić information content (AvgIpc) is 3.78. The van der Waals surface area contributed by atoms with Crippen LogP contribution in [0.2, 0.25) is 0 Å². The lowest BCUT2D eigenvalue weighted by molar-refractivity contribution is -0.293. The first-order valence-electron chi connectivity index (χ1n) is 21.7. The van der Waals surface area contributed by atoms with Crippen LogP contribution in [0, 0.1) is 11.8 Å². The molecule has 0 aliphatic carbocycles. The van der Waals surface area contributed by atoms with E-state index in [2.05, 4.69) is 36.5 Å². The largest absolute Gasteiger partial charge is 0.459 e. The summed E-state index contributed by atoms with van der Waals surface area (Å²) in [4.78, 5) is 14.1. The maximum Gasteiger partial charge on any atom is 0.308 e. The third kappa shape index (κ3) is 7.48. The summed E-state index contributed by atoms with van der Waals surface area (Å²) >= 11 is 0. The van der Waals surface area contributed by atoms with E-state index in [4.69, 9.17) is 51.9 Å². The molecule has 0 aromatic heterocycles. The van der Waals surface area contributed by atoms with Crippen molar-refractivity contribution in [2.24, 2.45) is 11.8 Å². The van der Waals surface area contributed by atoms with Crippen LogP contribution in [0.25, 0.3) is 0 Å². The highest BCUT2D eigenvalue weighted by atomic mass is 31.1. The average molecular weight is 835 g/mol. The summed E-state index contributed by atoms with van der Waals surface area (Å²) in [5.74, 6) is -1.09. The Morgan fingerprint density at radius 2 is 1.47 bits per heavy atom. The van der Waals surface area contributed by atoms with Gasteiger partial charge in [0, 0.05) is 47.2 Å². The van der Waals surface area contributed by atoms with Crippen LogP contribution in [0.15, 0.2) is 24.3 Å². The molecule has 13 nitrogen and oxygen atoms in total. The summed E-state index contributed by atoms with van der Waals surface area (Å²) in [6.45, 7) is 13.3. The minimum absolute atomic E-state index is 0.0166. The minimum Gasteiger partial charge on any atom is -0.459 e. The molecule has 11 saturated heterocycles. The Kier molecular flexibility index (Phi) is 11.3. The molecule has 12 bridgehead atoms. The van der Waals surface area contributed by atoms with Gasteiger partial charge in [-0.25, -0.2) is 0 Å². The lowest BCUT2D eigenvalue weighted by atomic mass is 9.79. The molecule has 0 radical (unpaired) electrons. The van der Waals surface area contributed by atoms with Gasteiger partial charge < -0.3 is 51.9 Å². The van der Waals surface area contributed by atoms with Gasteiger partial charge in [0.2, 0.25) is 0 Å². The minimum atomic E-state index is -0.804. The maximum absolute atomic E-state index is 14.1. The van der Waals surface area contributed by atoms with E-state index in [1.165, 1.54) is 0 Å². The number of ether oxygens (including phenoxy) is 10. The van der Waals surface area contributed by atoms with Crippen molar-refractivity contribution in [2.75, 3.05) is 6.16 Å². The molecule has 11 rings (SSSR count). The molecule has 57 heavy (non-hydrogen) atoms. The van der Waals surface area contributed by atoms with Crippen LogP contribution in [0.1, 0.15) is 97.3 Å². The zero-order valence-corrected chi connectivity index (χ0v) is 35.2. The van der Waals surface area contributed by atoms with E-state index in [1.54, 1.807) is 0 Å². The van der Waals surface area contributed by atoms with E-state index in [0.717, 1.165) is 49.7 Å². The number of carbonyl (C=O) groups excluding carboxylic acids is 1. The molecule has 0 saturated carbocycles. The highest BCUT2D eigenvalue weighted by molar-refractivity contribution is 7.23. The van der Waals surface area contributed by atoms with Crippen LogP contribution in [0.5, 0.6) is 0 Å². The number of carbonyl (C=O) groups is 1. The van der Waals surface area contributed by atoms with Gasteiger partial charge in [0.05, 0.1) is 79.7 Å². The standard InChI is InChI=1S/C42H60O13P2/c1-19-13-23-5-7-26-20(2)14-25(45-26)9-11-42-18-33-38(53-42)39-40(51-33)41(54-42)37-28(50-39)8-6-24(47-37)15-34(43)52-36-22(4)35-32(48-31(36)16-29(46-23)21(19)3)17-30(55-56)27(49-35)10-12-57-44/h19,22-33,35-41H,2-3,5-18,56H2,1,4H3/t19-,22+,23+,24-,25+,26?,27-,28+,29?,30-,31+,32+,33-,35+,36?,37+,38?,39+,40-,41+,42+/m1/s1. The van der Waals surface area contributed by atoms with E-state index >= 15 is 0 Å². The van der Waals surface area contributed by atoms with Crippen molar-refractivity contribution in [3.63, 3.8) is 0 Å². The number of rotatable bonds is 4. The number of esters is 1. The highest BCUT2D eigenvalue weighted by Crippen LogP contribution is 2.54. The Morgan fingerprint density at radius 1 is 0.719 bits per heavy atom. The molecule has 5 unspecified atom stereocenters. The third-order valence-electron chi connectivity index (χ3n) is 15.1. The molecule has 1 spiro atoms. The summed E-state index contributed by atoms with van der Waals surface area (Å²) in [7, 11) is 2.43. The van der Waals surface area contributed by atoms with Crippen LogP contribution >= 0.6 is 17.9 Å². The van der Waals surface area contributed by atoms with Gasteiger partial charge in [0.1, 0.15) is 36.6 Å². The molecular weight excluding hydrogens is 774 g/mol. The van der Waals surface area contributed by atoms with Crippen LogP contribution in [0.4, 0.5) is 0 Å². The SMILES string of the molecule is C=C1C[C@@H]2CC[C@@]34C[C@H]5O[C@H]6[C@@H](O3)[C@H]3O[C@H](CC[C@@H]3O[C@H]6C5O4)CC(=O)OC3[C@H](CC4O[C@@H](CCC1O2)C[C@@H](C)C4=C)O[C@H]1C[C@@H](OP)[C@@H](CCP=O)O[C@H]1[C@@H]3C. The van der Waals surface area contributed by atoms with Crippen molar-refractivity contribution in [2.45, 2.75) is 213 Å². The molecule has 22 atom stereocenters. The third-order valence-corrected chi connectivity index (χ3v) is 15.9. The second kappa shape index (κ2) is 16.1. The van der Waals surface area contributed by atoms with Crippen LogP contribution in [-0.4, -0.2) is 128 Å². The van der Waals surface area contributed by atoms with Gasteiger partial charge in [0.25, 0.3) is 0 Å². The summed E-state index contributed by atoms with van der Waals surface area (Å²) in [6, 6.07) is 0. The molecule has 11 heterocycles. The molecular formula is C42H60O13P2. The zero-order chi connectivity index (χ0) is 39.2. The van der Waals surface area contributed by atoms with Crippen molar-refractivity contribution < 1.29 is 61.3 Å². The lowest BCUT2D eigenvalue weighted by Gasteiger charge is -2.51. The monoisotopic (exact) mass is 834 g/mol. The van der Waals surface area contributed by atoms with Crippen LogP contribution in [-0.2, 0) is 61.3 Å². The molecule has 316 valence electrons. The van der Waals surface area contributed by atoms with Crippen LogP contribution < -0.4 is 0 Å². The van der Waals surface area contributed by atoms with E-state index in [0.29, 0.717) is 44.7 Å². The summed E-state index contributed by atoms with van der Waals surface area (Å²) in [5.41, 5.74) is 2.17. The van der Waals surface area contributed by atoms with Crippen molar-refractivity contribution in [3.8, 4) is 0 Å². The van der Waals surface area contributed by atoms with Gasteiger partial charge in [-0.3, -0.25) is 9.36 Å². The van der Waals surface area contributed by atoms with Crippen molar-refractivity contribution in [1.82, 2.24) is 0 Å². The molecule has 11 aliphatic rings. The molecule has 15 heteroatoms. The fourth-order valence-electron chi connectivity index (χ4n) is 12.1. The number of hydrogen-bond acceptors (Lipinski definition) is 13.